The Morgan fingerprint density at radius 1 is 1.03 bits per heavy atom. The number of pyridine rings is 1. The Bertz CT molecular complexity index is 1360. The van der Waals surface area contributed by atoms with Crippen LogP contribution in [0.15, 0.2) is 70.1 Å². The lowest BCUT2D eigenvalue weighted by Crippen LogP contribution is -2.44. The minimum absolute atomic E-state index is 0.0552. The zero-order valence-electron chi connectivity index (χ0n) is 18.7. The molecule has 1 N–H and O–H groups in total. The van der Waals surface area contributed by atoms with Gasteiger partial charge in [0, 0.05) is 65.2 Å². The van der Waals surface area contributed by atoms with Gasteiger partial charge in [-0.2, -0.15) is 4.98 Å². The van der Waals surface area contributed by atoms with Gasteiger partial charge in [-0.1, -0.05) is 22.0 Å². The van der Waals surface area contributed by atoms with E-state index in [-0.39, 0.29) is 17.9 Å². The summed E-state index contributed by atoms with van der Waals surface area (Å²) in [6.45, 7) is 4.17. The Labute approximate surface area is 205 Å². The fourth-order valence-corrected chi connectivity index (χ4v) is 4.54. The first-order valence-electron chi connectivity index (χ1n) is 11.1. The summed E-state index contributed by atoms with van der Waals surface area (Å²) in [6, 6.07) is 16.0. The number of rotatable bonds is 5. The lowest BCUT2D eigenvalue weighted by Gasteiger charge is -2.34. The smallest absolute Gasteiger partial charge is 0.252 e. The van der Waals surface area contributed by atoms with Crippen LogP contribution in [0, 0.1) is 5.82 Å². The molecule has 0 unspecified atom stereocenters. The maximum atomic E-state index is 14.4. The highest BCUT2D eigenvalue weighted by Gasteiger charge is 2.15. The predicted molar refractivity (Wildman–Crippen MR) is 136 cm³/mol. The molecule has 0 radical (unpaired) electrons. The number of hydrogen-bond acceptors (Lipinski definition) is 6. The lowest BCUT2D eigenvalue weighted by atomic mass is 10.2. The molecular weight excluding hydrogens is 499 g/mol. The highest BCUT2D eigenvalue weighted by atomic mass is 79.9. The van der Waals surface area contributed by atoms with Gasteiger partial charge in [-0.15, -0.1) is 0 Å². The quantitative estimate of drug-likeness (QED) is 0.423. The molecule has 0 atom stereocenters. The highest BCUT2D eigenvalue weighted by molar-refractivity contribution is 9.10. The number of aromatic nitrogens is 3. The van der Waals surface area contributed by atoms with E-state index in [1.54, 1.807) is 24.4 Å². The first-order valence-corrected chi connectivity index (χ1v) is 11.9. The molecular formula is C25H24BrFN6O. The zero-order chi connectivity index (χ0) is 23.7. The molecule has 174 valence electrons. The Morgan fingerprint density at radius 2 is 1.79 bits per heavy atom. The number of nitrogens with zero attached hydrogens (tertiary/aromatic N) is 5. The van der Waals surface area contributed by atoms with E-state index in [0.29, 0.717) is 27.0 Å². The average molecular weight is 523 g/mol. The van der Waals surface area contributed by atoms with Crippen LogP contribution in [0.25, 0.3) is 11.0 Å². The Morgan fingerprint density at radius 3 is 2.53 bits per heavy atom. The summed E-state index contributed by atoms with van der Waals surface area (Å²) in [6.07, 6.45) is 1.66. The third-order valence-corrected chi connectivity index (χ3v) is 6.84. The minimum atomic E-state index is -0.383. The molecule has 0 bridgehead atoms. The van der Waals surface area contributed by atoms with E-state index in [1.165, 1.54) is 22.4 Å². The third kappa shape index (κ3) is 4.67. The standard InChI is InChI=1S/C25H24BrFN6O/c1-31-11-13-32(14-12-31)19-8-6-18(7-9-19)29-25-28-15-17-5-10-23(34)33(24(17)30-25)16-20-21(26)3-2-4-22(20)27/h2-10,15H,11-14,16H2,1H3,(H,28,29,30). The van der Waals surface area contributed by atoms with Crippen LogP contribution in [-0.2, 0) is 6.54 Å². The summed E-state index contributed by atoms with van der Waals surface area (Å²) in [5.74, 6) is -0.0158. The maximum Gasteiger partial charge on any atom is 0.252 e. The molecule has 0 spiro atoms. The van der Waals surface area contributed by atoms with Crippen molar-refractivity contribution in [1.82, 2.24) is 19.4 Å². The molecule has 2 aromatic heterocycles. The van der Waals surface area contributed by atoms with Crippen LogP contribution in [0.1, 0.15) is 5.56 Å². The van der Waals surface area contributed by atoms with Crippen molar-refractivity contribution in [2.75, 3.05) is 43.4 Å². The van der Waals surface area contributed by atoms with E-state index in [1.807, 2.05) is 12.1 Å². The van der Waals surface area contributed by atoms with Crippen LogP contribution < -0.4 is 15.8 Å². The molecule has 1 aliphatic heterocycles. The summed E-state index contributed by atoms with van der Waals surface area (Å²) in [4.78, 5) is 26.4. The number of likely N-dealkylation sites (N-methyl/N-ethyl adjacent to an activating group) is 1. The molecule has 4 aromatic rings. The van der Waals surface area contributed by atoms with Crippen molar-refractivity contribution in [3.63, 3.8) is 0 Å². The van der Waals surface area contributed by atoms with E-state index >= 15 is 0 Å². The second-order valence-electron chi connectivity index (χ2n) is 8.39. The molecule has 5 rings (SSSR count). The SMILES string of the molecule is CN1CCN(c2ccc(Nc3ncc4ccc(=O)n(Cc5c(F)cccc5Br)c4n3)cc2)CC1. The van der Waals surface area contributed by atoms with Crippen molar-refractivity contribution in [2.24, 2.45) is 0 Å². The van der Waals surface area contributed by atoms with Crippen LogP contribution in [0.2, 0.25) is 0 Å². The minimum Gasteiger partial charge on any atom is -0.369 e. The average Bonchev–Trinajstić information content (AvgIpc) is 2.84. The first kappa shape index (κ1) is 22.5. The molecule has 1 aliphatic rings. The Balaban J connectivity index is 1.41. The molecule has 7 nitrogen and oxygen atoms in total. The Hall–Kier alpha value is -3.30. The van der Waals surface area contributed by atoms with E-state index in [9.17, 15) is 9.18 Å². The van der Waals surface area contributed by atoms with Crippen molar-refractivity contribution in [1.29, 1.82) is 0 Å². The number of halogens is 2. The van der Waals surface area contributed by atoms with Gasteiger partial charge >= 0.3 is 0 Å². The van der Waals surface area contributed by atoms with Gasteiger partial charge in [0.15, 0.2) is 0 Å². The number of benzene rings is 2. The molecule has 34 heavy (non-hydrogen) atoms. The van der Waals surface area contributed by atoms with Crippen molar-refractivity contribution in [3.8, 4) is 0 Å². The van der Waals surface area contributed by atoms with E-state index < -0.39 is 0 Å². The van der Waals surface area contributed by atoms with Gasteiger partial charge in [0.1, 0.15) is 11.5 Å². The third-order valence-electron chi connectivity index (χ3n) is 6.09. The summed E-state index contributed by atoms with van der Waals surface area (Å²) >= 11 is 3.38. The molecule has 0 aliphatic carbocycles. The van der Waals surface area contributed by atoms with Gasteiger partial charge in [-0.25, -0.2) is 9.37 Å². The maximum absolute atomic E-state index is 14.4. The van der Waals surface area contributed by atoms with Crippen molar-refractivity contribution in [2.45, 2.75) is 6.54 Å². The summed E-state index contributed by atoms with van der Waals surface area (Å²) in [5.41, 5.74) is 2.60. The predicted octanol–water partition coefficient (Wildman–Crippen LogP) is 4.24. The highest BCUT2D eigenvalue weighted by Crippen LogP contribution is 2.23. The number of nitrogens with one attached hydrogen (secondary N) is 1. The van der Waals surface area contributed by atoms with Gasteiger partial charge in [0.25, 0.3) is 5.56 Å². The fraction of sp³-hybridized carbons (Fsp3) is 0.240. The summed E-state index contributed by atoms with van der Waals surface area (Å²) in [5, 5.41) is 3.92. The van der Waals surface area contributed by atoms with Gasteiger partial charge in [0.05, 0.1) is 6.54 Å². The summed E-state index contributed by atoms with van der Waals surface area (Å²) < 4.78 is 16.5. The largest absolute Gasteiger partial charge is 0.369 e. The molecule has 1 saturated heterocycles. The van der Waals surface area contributed by atoms with Gasteiger partial charge in [-0.3, -0.25) is 9.36 Å². The lowest BCUT2D eigenvalue weighted by molar-refractivity contribution is 0.313. The van der Waals surface area contributed by atoms with Crippen LogP contribution >= 0.6 is 15.9 Å². The Kier molecular flexibility index (Phi) is 6.30. The van der Waals surface area contributed by atoms with Crippen LogP contribution in [0.3, 0.4) is 0 Å². The number of piperazine rings is 1. The molecule has 2 aromatic carbocycles. The zero-order valence-corrected chi connectivity index (χ0v) is 20.3. The molecule has 3 heterocycles. The van der Waals surface area contributed by atoms with Crippen LogP contribution in [0.4, 0.5) is 21.7 Å². The second kappa shape index (κ2) is 9.52. The van der Waals surface area contributed by atoms with Crippen molar-refractivity contribution < 1.29 is 4.39 Å². The first-order chi connectivity index (χ1) is 16.5. The summed E-state index contributed by atoms with van der Waals surface area (Å²) in [7, 11) is 2.14. The topological polar surface area (TPSA) is 66.3 Å². The van der Waals surface area contributed by atoms with Crippen LogP contribution in [-0.4, -0.2) is 52.7 Å². The van der Waals surface area contributed by atoms with Crippen LogP contribution in [0.5, 0.6) is 0 Å². The molecule has 0 saturated carbocycles. The number of hydrogen-bond donors (Lipinski definition) is 1. The van der Waals surface area contributed by atoms with Crippen molar-refractivity contribution >= 4 is 44.3 Å². The fourth-order valence-electron chi connectivity index (χ4n) is 4.08. The van der Waals surface area contributed by atoms with E-state index in [2.05, 4.69) is 60.2 Å². The molecule has 9 heteroatoms. The van der Waals surface area contributed by atoms with E-state index in [0.717, 1.165) is 31.9 Å². The molecule has 0 amide bonds. The number of anilines is 3. The van der Waals surface area contributed by atoms with Gasteiger partial charge in [0.2, 0.25) is 5.95 Å². The normalized spacial score (nSPS) is 14.5. The van der Waals surface area contributed by atoms with Gasteiger partial charge in [-0.05, 0) is 49.5 Å². The van der Waals surface area contributed by atoms with Crippen molar-refractivity contribution in [3.05, 3.63) is 87.0 Å². The number of fused-ring (bicyclic) bond motifs is 1. The van der Waals surface area contributed by atoms with E-state index in [4.69, 9.17) is 0 Å². The monoisotopic (exact) mass is 522 g/mol. The second-order valence-corrected chi connectivity index (χ2v) is 9.25. The van der Waals surface area contributed by atoms with Gasteiger partial charge < -0.3 is 15.1 Å². The molecule has 1 fully saturated rings.